The molecule has 0 N–H and O–H groups in total. The van der Waals surface area contributed by atoms with Crippen molar-refractivity contribution in [2.24, 2.45) is 0 Å². The zero-order valence-corrected chi connectivity index (χ0v) is 8.60. The van der Waals surface area contributed by atoms with Crippen LogP contribution < -0.4 is 0 Å². The van der Waals surface area contributed by atoms with E-state index < -0.39 is 0 Å². The maximum Gasteiger partial charge on any atom is 0.124 e. The predicted molar refractivity (Wildman–Crippen MR) is 53.3 cm³/mol. The van der Waals surface area contributed by atoms with E-state index >= 15 is 0 Å². The highest BCUT2D eigenvalue weighted by molar-refractivity contribution is 7.10. The van der Waals surface area contributed by atoms with Crippen molar-refractivity contribution in [3.8, 4) is 0 Å². The number of thiophene rings is 1. The van der Waals surface area contributed by atoms with E-state index in [-0.39, 0.29) is 0 Å². The number of likely N-dealkylation sites (tertiary alicyclic amines) is 1. The lowest BCUT2D eigenvalue weighted by molar-refractivity contribution is -0.907. The molecule has 2 heteroatoms. The average Bonchev–Trinajstić information content (AvgIpc) is 2.55. The lowest BCUT2D eigenvalue weighted by atomic mass is 10.2. The normalized spacial score (nSPS) is 27.7. The summed E-state index contributed by atoms with van der Waals surface area (Å²) >= 11 is 1.91. The molecule has 2 rings (SSSR count). The lowest BCUT2D eigenvalue weighted by Gasteiger charge is -2.30. The van der Waals surface area contributed by atoms with Crippen LogP contribution in [0.1, 0.15) is 23.8 Å². The molecule has 1 fully saturated rings. The van der Waals surface area contributed by atoms with Gasteiger partial charge < -0.3 is 4.48 Å². The van der Waals surface area contributed by atoms with Crippen molar-refractivity contribution >= 4 is 11.3 Å². The Hall–Kier alpha value is -0.340. The van der Waals surface area contributed by atoms with Gasteiger partial charge >= 0.3 is 0 Å². The smallest absolute Gasteiger partial charge is 0.124 e. The summed E-state index contributed by atoms with van der Waals surface area (Å²) in [6.07, 6.45) is 2.75. The summed E-state index contributed by atoms with van der Waals surface area (Å²) in [5.41, 5.74) is 0. The molecule has 1 aromatic rings. The molecule has 0 bridgehead atoms. The highest BCUT2D eigenvalue weighted by Gasteiger charge is 2.35. The minimum Gasteiger partial charge on any atom is -0.322 e. The first kappa shape index (κ1) is 8.27. The van der Waals surface area contributed by atoms with E-state index in [2.05, 4.69) is 31.6 Å². The third kappa shape index (κ3) is 1.29. The van der Waals surface area contributed by atoms with Gasteiger partial charge in [-0.1, -0.05) is 6.07 Å². The lowest BCUT2D eigenvalue weighted by Crippen LogP contribution is -2.37. The summed E-state index contributed by atoms with van der Waals surface area (Å²) in [7, 11) is 4.69. The largest absolute Gasteiger partial charge is 0.322 e. The second-order valence-corrected chi connectivity index (χ2v) is 5.15. The molecule has 1 saturated heterocycles. The summed E-state index contributed by atoms with van der Waals surface area (Å²) < 4.78 is 1.18. The van der Waals surface area contributed by atoms with Crippen LogP contribution in [0.5, 0.6) is 0 Å². The van der Waals surface area contributed by atoms with E-state index in [1.54, 1.807) is 4.88 Å². The molecule has 0 aromatic carbocycles. The van der Waals surface area contributed by atoms with Gasteiger partial charge in [0, 0.05) is 12.8 Å². The summed E-state index contributed by atoms with van der Waals surface area (Å²) in [4.78, 5) is 1.57. The number of quaternary nitrogens is 1. The van der Waals surface area contributed by atoms with E-state index in [0.29, 0.717) is 0 Å². The number of rotatable bonds is 1. The Morgan fingerprint density at radius 2 is 2.33 bits per heavy atom. The quantitative estimate of drug-likeness (QED) is 0.586. The van der Waals surface area contributed by atoms with Crippen molar-refractivity contribution in [1.29, 1.82) is 0 Å². The van der Waals surface area contributed by atoms with Crippen LogP contribution in [0.4, 0.5) is 0 Å². The topological polar surface area (TPSA) is 0 Å². The molecular formula is C10H16NS+. The van der Waals surface area contributed by atoms with Crippen LogP contribution in [0.3, 0.4) is 0 Å². The number of hydrogen-bond acceptors (Lipinski definition) is 1. The van der Waals surface area contributed by atoms with Gasteiger partial charge in [0.15, 0.2) is 0 Å². The Bertz CT molecular complexity index is 251. The van der Waals surface area contributed by atoms with E-state index in [1.165, 1.54) is 23.9 Å². The van der Waals surface area contributed by atoms with Gasteiger partial charge in [-0.25, -0.2) is 0 Å². The van der Waals surface area contributed by atoms with Gasteiger partial charge in [-0.3, -0.25) is 0 Å². The third-order valence-corrected chi connectivity index (χ3v) is 3.90. The van der Waals surface area contributed by atoms with Crippen molar-refractivity contribution in [3.05, 3.63) is 22.4 Å². The van der Waals surface area contributed by atoms with Gasteiger partial charge in [-0.05, 0) is 11.4 Å². The zero-order valence-electron chi connectivity index (χ0n) is 7.79. The molecule has 0 amide bonds. The maximum absolute atomic E-state index is 2.34. The predicted octanol–water partition coefficient (Wildman–Crippen LogP) is 2.66. The second kappa shape index (κ2) is 2.86. The first-order valence-electron chi connectivity index (χ1n) is 4.56. The maximum atomic E-state index is 2.34. The molecular weight excluding hydrogens is 166 g/mol. The SMILES string of the molecule is C[N+]1(C)CCCC1c1cccs1. The van der Waals surface area contributed by atoms with Gasteiger partial charge in [0.1, 0.15) is 6.04 Å². The fraction of sp³-hybridized carbons (Fsp3) is 0.600. The van der Waals surface area contributed by atoms with Crippen molar-refractivity contribution in [3.63, 3.8) is 0 Å². The molecule has 1 unspecified atom stereocenters. The van der Waals surface area contributed by atoms with Gasteiger partial charge in [0.05, 0.1) is 25.5 Å². The van der Waals surface area contributed by atoms with Crippen LogP contribution in [0, 0.1) is 0 Å². The fourth-order valence-corrected chi connectivity index (χ4v) is 3.20. The Morgan fingerprint density at radius 3 is 2.83 bits per heavy atom. The molecule has 1 nitrogen and oxygen atoms in total. The molecule has 2 heterocycles. The summed E-state index contributed by atoms with van der Waals surface area (Å²) in [6, 6.07) is 5.21. The highest BCUT2D eigenvalue weighted by Crippen LogP contribution is 2.37. The Morgan fingerprint density at radius 1 is 1.50 bits per heavy atom. The molecule has 0 spiro atoms. The van der Waals surface area contributed by atoms with Crippen LogP contribution in [0.15, 0.2) is 17.5 Å². The van der Waals surface area contributed by atoms with Gasteiger partial charge in [0.2, 0.25) is 0 Å². The first-order chi connectivity index (χ1) is 5.70. The fourth-order valence-electron chi connectivity index (χ4n) is 2.17. The monoisotopic (exact) mass is 182 g/mol. The number of hydrogen-bond donors (Lipinski definition) is 0. The van der Waals surface area contributed by atoms with Crippen molar-refractivity contribution in [2.75, 3.05) is 20.6 Å². The van der Waals surface area contributed by atoms with Gasteiger partial charge in [-0.15, -0.1) is 11.3 Å². The van der Waals surface area contributed by atoms with Crippen LogP contribution in [-0.2, 0) is 0 Å². The molecule has 66 valence electrons. The molecule has 0 aliphatic carbocycles. The van der Waals surface area contributed by atoms with E-state index in [0.717, 1.165) is 6.04 Å². The molecule has 0 saturated carbocycles. The Balaban J connectivity index is 2.25. The van der Waals surface area contributed by atoms with Crippen molar-refractivity contribution < 1.29 is 4.48 Å². The zero-order chi connectivity index (χ0) is 8.60. The van der Waals surface area contributed by atoms with E-state index in [4.69, 9.17) is 0 Å². The summed E-state index contributed by atoms with van der Waals surface area (Å²) in [6.45, 7) is 1.34. The minimum absolute atomic E-state index is 0.769. The summed E-state index contributed by atoms with van der Waals surface area (Å²) in [5.74, 6) is 0. The molecule has 1 atom stereocenters. The second-order valence-electron chi connectivity index (χ2n) is 4.18. The molecule has 12 heavy (non-hydrogen) atoms. The molecule has 1 aromatic heterocycles. The van der Waals surface area contributed by atoms with Gasteiger partial charge in [-0.2, -0.15) is 0 Å². The number of nitrogens with zero attached hydrogens (tertiary/aromatic N) is 1. The standard InChI is InChI=1S/C10H16NS/c1-11(2)7-3-5-9(11)10-6-4-8-12-10/h4,6,8-9H,3,5,7H2,1-2H3/q+1. The minimum atomic E-state index is 0.769. The van der Waals surface area contributed by atoms with Crippen molar-refractivity contribution in [1.82, 2.24) is 0 Å². The Labute approximate surface area is 78.2 Å². The molecule has 1 aliphatic heterocycles. The van der Waals surface area contributed by atoms with Crippen LogP contribution >= 0.6 is 11.3 Å². The Kier molecular flexibility index (Phi) is 1.97. The van der Waals surface area contributed by atoms with E-state index in [9.17, 15) is 0 Å². The molecule has 0 radical (unpaired) electrons. The van der Waals surface area contributed by atoms with E-state index in [1.807, 2.05) is 11.3 Å². The summed E-state index contributed by atoms with van der Waals surface area (Å²) in [5, 5.41) is 2.19. The van der Waals surface area contributed by atoms with Crippen LogP contribution in [0.2, 0.25) is 0 Å². The first-order valence-corrected chi connectivity index (χ1v) is 5.44. The van der Waals surface area contributed by atoms with Crippen molar-refractivity contribution in [2.45, 2.75) is 18.9 Å². The highest BCUT2D eigenvalue weighted by atomic mass is 32.1. The van der Waals surface area contributed by atoms with Crippen LogP contribution in [0.25, 0.3) is 0 Å². The molecule has 1 aliphatic rings. The third-order valence-electron chi connectivity index (χ3n) is 2.93. The van der Waals surface area contributed by atoms with Crippen LogP contribution in [-0.4, -0.2) is 25.1 Å². The van der Waals surface area contributed by atoms with Gasteiger partial charge in [0.25, 0.3) is 0 Å². The average molecular weight is 182 g/mol.